The predicted molar refractivity (Wildman–Crippen MR) is 104 cm³/mol. The van der Waals surface area contributed by atoms with Crippen LogP contribution < -0.4 is 4.74 Å². The van der Waals surface area contributed by atoms with E-state index in [1.165, 1.54) is 12.1 Å². The molecule has 1 aliphatic rings. The van der Waals surface area contributed by atoms with Gasteiger partial charge in [-0.2, -0.15) is 8.42 Å². The molecule has 2 amide bonds. The van der Waals surface area contributed by atoms with Crippen molar-refractivity contribution in [3.63, 3.8) is 0 Å². The van der Waals surface area contributed by atoms with E-state index in [-0.39, 0.29) is 58.8 Å². The number of aliphatic hydroxyl groups is 1. The number of amides is 2. The van der Waals surface area contributed by atoms with Crippen LogP contribution in [-0.4, -0.2) is 86.6 Å². The number of rotatable bonds is 9. The molecular formula is C16H17N2NaO12S. The van der Waals surface area contributed by atoms with Gasteiger partial charge in [0.1, 0.15) is 5.75 Å². The molecular weight excluding hydrogens is 467 g/mol. The third-order valence-electron chi connectivity index (χ3n) is 4.03. The Hall–Kier alpha value is -2.43. The molecule has 16 heteroatoms. The monoisotopic (exact) mass is 484 g/mol. The number of hydrogen-bond donors (Lipinski definition) is 2. The van der Waals surface area contributed by atoms with Gasteiger partial charge in [0, 0.05) is 12.8 Å². The first kappa shape index (κ1) is 27.6. The number of nitrogens with zero attached hydrogens (tertiary/aromatic N) is 2. The second-order valence-corrected chi connectivity index (χ2v) is 7.83. The normalized spacial score (nSPS) is 15.8. The van der Waals surface area contributed by atoms with Crippen molar-refractivity contribution in [1.82, 2.24) is 5.06 Å². The number of hydrogen-bond acceptors (Lipinski definition) is 11. The zero-order valence-corrected chi connectivity index (χ0v) is 16.4. The molecule has 0 saturated carbocycles. The van der Waals surface area contributed by atoms with E-state index in [0.717, 1.165) is 6.07 Å². The predicted octanol–water partition coefficient (Wildman–Crippen LogP) is -1.01. The van der Waals surface area contributed by atoms with Gasteiger partial charge in [0.25, 0.3) is 27.6 Å². The molecule has 2 N–H and O–H groups in total. The van der Waals surface area contributed by atoms with Gasteiger partial charge < -0.3 is 14.7 Å². The van der Waals surface area contributed by atoms with Crippen molar-refractivity contribution in [1.29, 1.82) is 0 Å². The zero-order valence-electron chi connectivity index (χ0n) is 15.6. The van der Waals surface area contributed by atoms with Crippen LogP contribution in [0, 0.1) is 10.1 Å². The number of imide groups is 1. The summed E-state index contributed by atoms with van der Waals surface area (Å²) >= 11 is 0. The van der Waals surface area contributed by atoms with E-state index in [9.17, 15) is 37.7 Å². The molecule has 1 aliphatic heterocycles. The Bertz CT molecular complexity index is 1040. The van der Waals surface area contributed by atoms with Crippen LogP contribution in [0.15, 0.2) is 18.2 Å². The van der Waals surface area contributed by atoms with Crippen molar-refractivity contribution >= 4 is 69.1 Å². The number of hydroxylamine groups is 2. The zero-order chi connectivity index (χ0) is 23.3. The number of carbonyl (C=O) groups excluding carboxylic acids is 4. The molecule has 1 aromatic carbocycles. The number of aliphatic hydroxyl groups excluding tert-OH is 1. The topological polar surface area (TPSA) is 208 Å². The Labute approximate surface area is 202 Å². The van der Waals surface area contributed by atoms with Gasteiger partial charge >= 0.3 is 41.5 Å². The summed E-state index contributed by atoms with van der Waals surface area (Å²) in [6.07, 6.45) is -1.81. The molecule has 1 atom stereocenters. The average molecular weight is 484 g/mol. The van der Waals surface area contributed by atoms with Crippen LogP contribution in [0.1, 0.15) is 31.2 Å². The molecule has 1 fully saturated rings. The van der Waals surface area contributed by atoms with E-state index >= 15 is 0 Å². The fourth-order valence-electron chi connectivity index (χ4n) is 2.53. The van der Waals surface area contributed by atoms with Crippen LogP contribution in [0.2, 0.25) is 0 Å². The molecule has 0 aromatic heterocycles. The Morgan fingerprint density at radius 1 is 1.22 bits per heavy atom. The van der Waals surface area contributed by atoms with Gasteiger partial charge in [-0.1, -0.05) is 0 Å². The summed E-state index contributed by atoms with van der Waals surface area (Å²) in [5.41, 5.74) is -0.422. The number of ether oxygens (including phenoxy) is 1. The number of nitro benzene ring substituents is 1. The summed E-state index contributed by atoms with van der Waals surface area (Å²) in [6, 6.07) is 3.40. The van der Waals surface area contributed by atoms with Crippen molar-refractivity contribution in [3.05, 3.63) is 33.9 Å². The van der Waals surface area contributed by atoms with Gasteiger partial charge in [-0.15, -0.1) is 5.06 Å². The maximum atomic E-state index is 11.8. The molecule has 0 spiro atoms. The molecule has 0 radical (unpaired) electrons. The first-order chi connectivity index (χ1) is 14.4. The third-order valence-corrected chi connectivity index (χ3v) is 5.12. The third kappa shape index (κ3) is 7.04. The minimum atomic E-state index is -4.84. The van der Waals surface area contributed by atoms with Gasteiger partial charge in [0.15, 0.2) is 5.25 Å². The van der Waals surface area contributed by atoms with E-state index in [1.54, 1.807) is 0 Å². The number of benzene rings is 1. The fourth-order valence-corrected chi connectivity index (χ4v) is 3.23. The van der Waals surface area contributed by atoms with Crippen molar-refractivity contribution in [3.8, 4) is 5.75 Å². The first-order valence-electron chi connectivity index (χ1n) is 8.56. The number of carbonyl (C=O) groups is 4. The quantitative estimate of drug-likeness (QED) is 0.0822. The van der Waals surface area contributed by atoms with Crippen molar-refractivity contribution in [2.45, 2.75) is 37.5 Å². The van der Waals surface area contributed by atoms with E-state index < -0.39 is 69.2 Å². The SMILES string of the molecule is O=C(CCCC(=O)ON1C(=O)CC(S(=O)(=O)O)C1=O)Oc1ccc(CO)c([N+](=O)[O-])c1.[NaH]. The van der Waals surface area contributed by atoms with Crippen LogP contribution in [0.25, 0.3) is 0 Å². The molecule has 1 unspecified atom stereocenters. The summed E-state index contributed by atoms with van der Waals surface area (Å²) in [5.74, 6) is -4.66. The Balaban J connectivity index is 0.00000512. The Morgan fingerprint density at radius 3 is 2.38 bits per heavy atom. The van der Waals surface area contributed by atoms with E-state index in [2.05, 4.69) is 4.84 Å². The second-order valence-electron chi connectivity index (χ2n) is 6.23. The molecule has 1 aromatic rings. The first-order valence-corrected chi connectivity index (χ1v) is 10.1. The summed E-state index contributed by atoms with van der Waals surface area (Å²) < 4.78 is 35.9. The van der Waals surface area contributed by atoms with Crippen LogP contribution in [0.5, 0.6) is 5.75 Å². The molecule has 14 nitrogen and oxygen atoms in total. The molecule has 32 heavy (non-hydrogen) atoms. The second kappa shape index (κ2) is 11.4. The van der Waals surface area contributed by atoms with Crippen molar-refractivity contribution < 1.29 is 51.8 Å². The van der Waals surface area contributed by atoms with Crippen LogP contribution in [-0.2, 0) is 40.7 Å². The molecule has 0 bridgehead atoms. The van der Waals surface area contributed by atoms with E-state index in [0.29, 0.717) is 0 Å². The summed E-state index contributed by atoms with van der Waals surface area (Å²) in [4.78, 5) is 61.6. The Morgan fingerprint density at radius 2 is 1.84 bits per heavy atom. The van der Waals surface area contributed by atoms with Gasteiger partial charge in [-0.25, -0.2) is 4.79 Å². The molecule has 170 valence electrons. The van der Waals surface area contributed by atoms with Gasteiger partial charge in [0.2, 0.25) is 0 Å². The van der Waals surface area contributed by atoms with Gasteiger partial charge in [-0.3, -0.25) is 29.1 Å². The number of esters is 1. The van der Waals surface area contributed by atoms with Gasteiger partial charge in [-0.05, 0) is 18.6 Å². The minimum absolute atomic E-state index is 0. The Kier molecular flexibility index (Phi) is 9.87. The van der Waals surface area contributed by atoms with Gasteiger partial charge in [0.05, 0.1) is 29.6 Å². The average Bonchev–Trinajstić information content (AvgIpc) is 2.96. The van der Waals surface area contributed by atoms with Crippen molar-refractivity contribution in [2.24, 2.45) is 0 Å². The van der Waals surface area contributed by atoms with E-state index in [1.807, 2.05) is 0 Å². The van der Waals surface area contributed by atoms with Crippen molar-refractivity contribution in [2.75, 3.05) is 0 Å². The van der Waals surface area contributed by atoms with Crippen LogP contribution in [0.4, 0.5) is 5.69 Å². The fraction of sp³-hybridized carbons (Fsp3) is 0.375. The summed E-state index contributed by atoms with van der Waals surface area (Å²) in [6.45, 7) is -0.584. The van der Waals surface area contributed by atoms with Crippen LogP contribution in [0.3, 0.4) is 0 Å². The summed E-state index contributed by atoms with van der Waals surface area (Å²) in [5, 5.41) is 17.9. The van der Waals surface area contributed by atoms with Crippen LogP contribution >= 0.6 is 0 Å². The molecule has 2 rings (SSSR count). The van der Waals surface area contributed by atoms with E-state index in [4.69, 9.17) is 14.4 Å². The molecule has 0 aliphatic carbocycles. The maximum absolute atomic E-state index is 11.8. The molecule has 1 saturated heterocycles. The summed E-state index contributed by atoms with van der Waals surface area (Å²) in [7, 11) is -4.84. The molecule has 1 heterocycles. The number of nitro groups is 1. The standard InChI is InChI=1S/C16H16N2O12S.Na.H/c19-8-9-4-5-10(6-11(9)18(24)25)29-14(21)2-1-3-15(22)30-17-13(20)7-12(16(17)23)31(26,27)28;;/h4-6,12,19H,1-3,7-8H2,(H,26,27,28);;.